The standard InChI is InChI=1S/C24H29FN4O/c25-19-6-5-18(22-28-27-21-4-2-1-3-7-29(21)22)11-20(19)26-23(30)24-12-15-8-16(13-24)10-17(9-15)14-24/h5-6,11,15-17H,1-4,7-10,12-14H2,(H,26,30). The summed E-state index contributed by atoms with van der Waals surface area (Å²) in [7, 11) is 0. The van der Waals surface area contributed by atoms with Gasteiger partial charge in [-0.05, 0) is 87.3 Å². The van der Waals surface area contributed by atoms with Gasteiger partial charge < -0.3 is 9.88 Å². The lowest BCUT2D eigenvalue weighted by molar-refractivity contribution is -0.140. The van der Waals surface area contributed by atoms with Crippen LogP contribution in [0.25, 0.3) is 11.4 Å². The molecule has 1 aliphatic heterocycles. The highest BCUT2D eigenvalue weighted by atomic mass is 19.1. The van der Waals surface area contributed by atoms with Gasteiger partial charge in [0.2, 0.25) is 5.91 Å². The summed E-state index contributed by atoms with van der Waals surface area (Å²) in [5, 5.41) is 11.7. The fourth-order valence-electron chi connectivity index (χ4n) is 7.10. The van der Waals surface area contributed by atoms with E-state index in [1.807, 2.05) is 0 Å². The molecule has 6 heteroatoms. The van der Waals surface area contributed by atoms with Crippen LogP contribution >= 0.6 is 0 Å². The van der Waals surface area contributed by atoms with Crippen molar-refractivity contribution in [2.45, 2.75) is 70.8 Å². The minimum atomic E-state index is -0.382. The van der Waals surface area contributed by atoms with E-state index in [9.17, 15) is 9.18 Å². The van der Waals surface area contributed by atoms with Crippen LogP contribution in [0.1, 0.15) is 63.6 Å². The molecule has 1 amide bonds. The Bertz CT molecular complexity index is 962. The maximum absolute atomic E-state index is 14.7. The number of aryl methyl sites for hydroxylation is 1. The average Bonchev–Trinajstić information content (AvgIpc) is 2.97. The van der Waals surface area contributed by atoms with E-state index in [0.717, 1.165) is 62.3 Å². The molecule has 0 unspecified atom stereocenters. The minimum absolute atomic E-state index is 0.0257. The first-order chi connectivity index (χ1) is 14.6. The van der Waals surface area contributed by atoms with Crippen molar-refractivity contribution in [3.05, 3.63) is 29.8 Å². The molecule has 7 rings (SSSR count). The Hall–Kier alpha value is -2.24. The highest BCUT2D eigenvalue weighted by Gasteiger charge is 2.54. The number of aromatic nitrogens is 3. The molecular weight excluding hydrogens is 379 g/mol. The maximum atomic E-state index is 14.7. The molecule has 5 nitrogen and oxygen atoms in total. The maximum Gasteiger partial charge on any atom is 0.230 e. The summed E-state index contributed by atoms with van der Waals surface area (Å²) in [6.07, 6.45) is 11.2. The Morgan fingerprint density at radius 1 is 1.03 bits per heavy atom. The molecule has 1 aromatic heterocycles. The summed E-state index contributed by atoms with van der Waals surface area (Å²) >= 11 is 0. The van der Waals surface area contributed by atoms with E-state index < -0.39 is 0 Å². The van der Waals surface area contributed by atoms with Crippen LogP contribution in [0.5, 0.6) is 0 Å². The predicted octanol–water partition coefficient (Wildman–Crippen LogP) is 4.97. The predicted molar refractivity (Wildman–Crippen MR) is 112 cm³/mol. The Morgan fingerprint density at radius 2 is 1.77 bits per heavy atom. The van der Waals surface area contributed by atoms with Crippen molar-refractivity contribution in [1.29, 1.82) is 0 Å². The fraction of sp³-hybridized carbons (Fsp3) is 0.625. The van der Waals surface area contributed by atoms with Crippen LogP contribution in [0.15, 0.2) is 18.2 Å². The molecule has 4 saturated carbocycles. The Morgan fingerprint density at radius 3 is 2.50 bits per heavy atom. The van der Waals surface area contributed by atoms with Gasteiger partial charge in [0.05, 0.1) is 11.1 Å². The summed E-state index contributed by atoms with van der Waals surface area (Å²) in [6.45, 7) is 0.893. The molecule has 0 atom stereocenters. The normalized spacial score (nSPS) is 32.0. The van der Waals surface area contributed by atoms with Gasteiger partial charge in [-0.1, -0.05) is 6.42 Å². The molecule has 4 bridgehead atoms. The first-order valence-electron chi connectivity index (χ1n) is 11.6. The second-order valence-electron chi connectivity index (χ2n) is 10.2. The molecule has 30 heavy (non-hydrogen) atoms. The minimum Gasteiger partial charge on any atom is -0.323 e. The van der Waals surface area contributed by atoms with E-state index in [2.05, 4.69) is 20.1 Å². The molecular formula is C24H29FN4O. The smallest absolute Gasteiger partial charge is 0.230 e. The van der Waals surface area contributed by atoms with Crippen molar-refractivity contribution in [3.8, 4) is 11.4 Å². The molecule has 1 N–H and O–H groups in total. The number of carbonyl (C=O) groups excluding carboxylic acids is 1. The molecule has 4 aliphatic carbocycles. The van der Waals surface area contributed by atoms with Crippen molar-refractivity contribution in [3.63, 3.8) is 0 Å². The van der Waals surface area contributed by atoms with E-state index in [1.165, 1.54) is 31.7 Å². The third-order valence-electron chi connectivity index (χ3n) is 8.10. The van der Waals surface area contributed by atoms with E-state index in [0.29, 0.717) is 17.8 Å². The number of fused-ring (bicyclic) bond motifs is 1. The summed E-state index contributed by atoms with van der Waals surface area (Å²) in [5.41, 5.74) is 0.806. The lowest BCUT2D eigenvalue weighted by atomic mass is 9.49. The van der Waals surface area contributed by atoms with E-state index in [1.54, 1.807) is 12.1 Å². The van der Waals surface area contributed by atoms with Gasteiger partial charge in [0.15, 0.2) is 5.82 Å². The van der Waals surface area contributed by atoms with E-state index in [4.69, 9.17) is 0 Å². The highest BCUT2D eigenvalue weighted by molar-refractivity contribution is 5.96. The largest absolute Gasteiger partial charge is 0.323 e. The average molecular weight is 409 g/mol. The van der Waals surface area contributed by atoms with Crippen LogP contribution in [0.3, 0.4) is 0 Å². The highest BCUT2D eigenvalue weighted by Crippen LogP contribution is 2.60. The van der Waals surface area contributed by atoms with Gasteiger partial charge in [0.25, 0.3) is 0 Å². The lowest BCUT2D eigenvalue weighted by Gasteiger charge is -2.55. The van der Waals surface area contributed by atoms with Crippen LogP contribution in [-0.4, -0.2) is 20.7 Å². The summed E-state index contributed by atoms with van der Waals surface area (Å²) in [4.78, 5) is 13.4. The zero-order valence-corrected chi connectivity index (χ0v) is 17.4. The number of benzene rings is 1. The molecule has 2 aromatic rings. The topological polar surface area (TPSA) is 59.8 Å². The molecule has 2 heterocycles. The number of anilines is 1. The first-order valence-corrected chi connectivity index (χ1v) is 11.6. The van der Waals surface area contributed by atoms with Crippen molar-refractivity contribution >= 4 is 11.6 Å². The Labute approximate surface area is 176 Å². The lowest BCUT2D eigenvalue weighted by Crippen LogP contribution is -2.51. The summed E-state index contributed by atoms with van der Waals surface area (Å²) < 4.78 is 16.8. The van der Waals surface area contributed by atoms with Gasteiger partial charge in [-0.2, -0.15) is 0 Å². The number of hydrogen-bond donors (Lipinski definition) is 1. The van der Waals surface area contributed by atoms with Crippen molar-refractivity contribution in [1.82, 2.24) is 14.8 Å². The number of hydrogen-bond acceptors (Lipinski definition) is 3. The van der Waals surface area contributed by atoms with Crippen LogP contribution in [0.4, 0.5) is 10.1 Å². The number of amides is 1. The van der Waals surface area contributed by atoms with Gasteiger partial charge in [0.1, 0.15) is 11.6 Å². The first kappa shape index (κ1) is 18.5. The second kappa shape index (κ2) is 6.89. The zero-order valence-electron chi connectivity index (χ0n) is 17.4. The van der Waals surface area contributed by atoms with Crippen LogP contribution in [0.2, 0.25) is 0 Å². The quantitative estimate of drug-likeness (QED) is 0.780. The second-order valence-corrected chi connectivity index (χ2v) is 10.2. The van der Waals surface area contributed by atoms with Crippen molar-refractivity contribution < 1.29 is 9.18 Å². The number of halogens is 1. The summed E-state index contributed by atoms with van der Waals surface area (Å²) in [6, 6.07) is 4.94. The number of nitrogens with one attached hydrogen (secondary N) is 1. The number of nitrogens with zero attached hydrogens (tertiary/aromatic N) is 3. The van der Waals surface area contributed by atoms with Gasteiger partial charge in [-0.15, -0.1) is 10.2 Å². The molecule has 158 valence electrons. The molecule has 0 radical (unpaired) electrons. The van der Waals surface area contributed by atoms with Crippen LogP contribution < -0.4 is 5.32 Å². The van der Waals surface area contributed by atoms with Crippen LogP contribution in [0, 0.1) is 29.0 Å². The monoisotopic (exact) mass is 408 g/mol. The molecule has 0 saturated heterocycles. The Kier molecular flexibility index (Phi) is 4.26. The third-order valence-corrected chi connectivity index (χ3v) is 8.10. The Balaban J connectivity index is 1.29. The molecule has 5 aliphatic rings. The van der Waals surface area contributed by atoms with Crippen LogP contribution in [-0.2, 0) is 17.8 Å². The molecule has 0 spiro atoms. The van der Waals surface area contributed by atoms with Crippen molar-refractivity contribution in [2.75, 3.05) is 5.32 Å². The number of rotatable bonds is 3. The molecule has 4 fully saturated rings. The third kappa shape index (κ3) is 2.98. The van der Waals surface area contributed by atoms with Crippen molar-refractivity contribution in [2.24, 2.45) is 23.2 Å². The summed E-state index contributed by atoms with van der Waals surface area (Å²) in [5.74, 6) is 3.48. The number of carbonyl (C=O) groups is 1. The molecule has 1 aromatic carbocycles. The van der Waals surface area contributed by atoms with Gasteiger partial charge in [0, 0.05) is 18.5 Å². The fourth-order valence-corrected chi connectivity index (χ4v) is 7.10. The van der Waals surface area contributed by atoms with Gasteiger partial charge in [-0.25, -0.2) is 4.39 Å². The zero-order chi connectivity index (χ0) is 20.3. The van der Waals surface area contributed by atoms with E-state index in [-0.39, 0.29) is 22.8 Å². The SMILES string of the molecule is O=C(Nc1cc(-c2nnc3n2CCCCC3)ccc1F)C12CC3CC(CC(C3)C1)C2. The van der Waals surface area contributed by atoms with E-state index >= 15 is 0 Å². The van der Waals surface area contributed by atoms with Gasteiger partial charge >= 0.3 is 0 Å². The van der Waals surface area contributed by atoms with Gasteiger partial charge in [-0.3, -0.25) is 4.79 Å².